The van der Waals surface area contributed by atoms with E-state index in [-0.39, 0.29) is 18.0 Å². The second-order valence-electron chi connectivity index (χ2n) is 8.01. The number of carbonyl (C=O) groups excluding carboxylic acids is 1. The largest absolute Gasteiger partial charge is 0.478 e. The highest BCUT2D eigenvalue weighted by molar-refractivity contribution is 6.30. The lowest BCUT2D eigenvalue weighted by molar-refractivity contribution is -0.134. The van der Waals surface area contributed by atoms with Gasteiger partial charge in [-0.2, -0.15) is 0 Å². The summed E-state index contributed by atoms with van der Waals surface area (Å²) in [6, 6.07) is 7.22. The van der Waals surface area contributed by atoms with E-state index in [0.29, 0.717) is 29.3 Å². The highest BCUT2D eigenvalue weighted by atomic mass is 35.5. The van der Waals surface area contributed by atoms with Crippen molar-refractivity contribution in [2.75, 3.05) is 19.6 Å². The molecule has 0 aromatic heterocycles. The lowest BCUT2D eigenvalue weighted by atomic mass is 9.92. The molecule has 2 fully saturated rings. The Morgan fingerprint density at radius 3 is 2.06 bits per heavy atom. The maximum absolute atomic E-state index is 13.2. The third-order valence-corrected chi connectivity index (χ3v) is 6.05. The predicted octanol–water partition coefficient (Wildman–Crippen LogP) is 2.89. The summed E-state index contributed by atoms with van der Waals surface area (Å²) in [6.07, 6.45) is 6.29. The minimum atomic E-state index is -1.26. The average molecular weight is 467 g/mol. The molecule has 176 valence electrons. The molecule has 1 heterocycles. The van der Waals surface area contributed by atoms with E-state index < -0.39 is 18.0 Å². The number of aliphatic carboxylic acids is 2. The molecule has 1 aromatic carbocycles. The maximum atomic E-state index is 13.2. The molecule has 2 unspecified atom stereocenters. The molecule has 32 heavy (non-hydrogen) atoms. The van der Waals surface area contributed by atoms with E-state index >= 15 is 0 Å². The molecule has 1 aliphatic heterocycles. The van der Waals surface area contributed by atoms with E-state index in [2.05, 4.69) is 11.8 Å². The number of likely N-dealkylation sites (N-methyl/N-ethyl adjacent to an activating group) is 1. The van der Waals surface area contributed by atoms with Crippen molar-refractivity contribution in [3.63, 3.8) is 0 Å². The number of hydrogen-bond acceptors (Lipinski definition) is 5. The van der Waals surface area contributed by atoms with Gasteiger partial charge in [-0.15, -0.1) is 0 Å². The molecule has 1 aliphatic carbocycles. The molecule has 0 radical (unpaired) electrons. The summed E-state index contributed by atoms with van der Waals surface area (Å²) in [4.78, 5) is 36.6. The maximum Gasteiger partial charge on any atom is 0.328 e. The van der Waals surface area contributed by atoms with Gasteiger partial charge in [0, 0.05) is 41.9 Å². The molecule has 1 saturated heterocycles. The van der Waals surface area contributed by atoms with Crippen LogP contribution < -0.4 is 0 Å². The summed E-state index contributed by atoms with van der Waals surface area (Å²) >= 11 is 5.96. The summed E-state index contributed by atoms with van der Waals surface area (Å²) in [5.41, 5.74) is 0.659. The van der Waals surface area contributed by atoms with E-state index in [1.165, 1.54) is 6.42 Å². The second-order valence-corrected chi connectivity index (χ2v) is 8.44. The summed E-state index contributed by atoms with van der Waals surface area (Å²) in [6.45, 7) is 4.41. The summed E-state index contributed by atoms with van der Waals surface area (Å²) < 4.78 is 0. The van der Waals surface area contributed by atoms with Crippen molar-refractivity contribution in [1.82, 2.24) is 9.80 Å². The second kappa shape index (κ2) is 12.6. The molecule has 9 heteroatoms. The Morgan fingerprint density at radius 1 is 1.03 bits per heavy atom. The Bertz CT molecular complexity index is 791. The smallest absolute Gasteiger partial charge is 0.328 e. The number of rotatable bonds is 6. The molecular formula is C23H31ClN2O6. The fraction of sp³-hybridized carbons (Fsp3) is 0.522. The molecule has 0 bridgehead atoms. The van der Waals surface area contributed by atoms with Crippen LogP contribution in [0.25, 0.3) is 0 Å². The average Bonchev–Trinajstić information content (AvgIpc) is 3.14. The fourth-order valence-corrected chi connectivity index (χ4v) is 4.34. The Balaban J connectivity index is 0.000000390. The van der Waals surface area contributed by atoms with Crippen LogP contribution in [-0.4, -0.2) is 80.8 Å². The standard InChI is InChI=1S/C19H27ClN2O2.C4H4O4/c1-2-21-12-17(18(23)13-21)22(16-6-4-3-5-7-16)19(24)14-8-10-15(20)11-9-14;5-3(6)1-2-4(7)8/h8-11,16-18,23H,2-7,12-13H2,1H3;1-2H,(H,5,6)(H,7,8)/b;2-1+. The van der Waals surface area contributed by atoms with Crippen molar-refractivity contribution in [3.05, 3.63) is 47.0 Å². The predicted molar refractivity (Wildman–Crippen MR) is 121 cm³/mol. The minimum Gasteiger partial charge on any atom is -0.478 e. The zero-order valence-corrected chi connectivity index (χ0v) is 18.9. The molecule has 2 atom stereocenters. The normalized spacial score (nSPS) is 21.7. The van der Waals surface area contributed by atoms with Crippen LogP contribution in [-0.2, 0) is 9.59 Å². The van der Waals surface area contributed by atoms with Gasteiger partial charge in [-0.25, -0.2) is 9.59 Å². The molecular weight excluding hydrogens is 436 g/mol. The van der Waals surface area contributed by atoms with Gasteiger partial charge in [-0.1, -0.05) is 37.8 Å². The monoisotopic (exact) mass is 466 g/mol. The number of β-amino-alcohol motifs (C(OH)–C–C–N with tert-alkyl or cyclic N) is 1. The lowest BCUT2D eigenvalue weighted by Gasteiger charge is -2.39. The van der Waals surface area contributed by atoms with E-state index in [9.17, 15) is 19.5 Å². The van der Waals surface area contributed by atoms with Crippen molar-refractivity contribution in [2.45, 2.75) is 57.2 Å². The van der Waals surface area contributed by atoms with Gasteiger partial charge < -0.3 is 20.2 Å². The van der Waals surface area contributed by atoms with Crippen molar-refractivity contribution in [1.29, 1.82) is 0 Å². The highest BCUT2D eigenvalue weighted by Crippen LogP contribution is 2.29. The third kappa shape index (κ3) is 7.62. The van der Waals surface area contributed by atoms with E-state index in [1.807, 2.05) is 4.90 Å². The molecule has 1 aromatic rings. The molecule has 1 amide bonds. The quantitative estimate of drug-likeness (QED) is 0.551. The molecule has 0 spiro atoms. The van der Waals surface area contributed by atoms with Gasteiger partial charge in [0.1, 0.15) is 0 Å². The summed E-state index contributed by atoms with van der Waals surface area (Å²) in [5, 5.41) is 26.8. The van der Waals surface area contributed by atoms with Crippen molar-refractivity contribution < 1.29 is 29.7 Å². The first kappa shape index (κ1) is 25.8. The number of likely N-dealkylation sites (tertiary alicyclic amines) is 1. The van der Waals surface area contributed by atoms with Gasteiger partial charge in [-0.05, 0) is 43.7 Å². The van der Waals surface area contributed by atoms with Crippen molar-refractivity contribution in [3.8, 4) is 0 Å². The van der Waals surface area contributed by atoms with Crippen LogP contribution in [0.2, 0.25) is 5.02 Å². The van der Waals surface area contributed by atoms with Gasteiger partial charge in [0.15, 0.2) is 0 Å². The molecule has 3 rings (SSSR count). The Morgan fingerprint density at radius 2 is 1.59 bits per heavy atom. The van der Waals surface area contributed by atoms with Crippen LogP contribution in [0, 0.1) is 0 Å². The van der Waals surface area contributed by atoms with Gasteiger partial charge in [-0.3, -0.25) is 9.69 Å². The zero-order chi connectivity index (χ0) is 23.7. The minimum absolute atomic E-state index is 0.0283. The van der Waals surface area contributed by atoms with E-state index in [0.717, 1.165) is 38.8 Å². The van der Waals surface area contributed by atoms with Gasteiger partial charge >= 0.3 is 11.9 Å². The zero-order valence-electron chi connectivity index (χ0n) is 18.2. The van der Waals surface area contributed by atoms with E-state index in [4.69, 9.17) is 21.8 Å². The van der Waals surface area contributed by atoms with Gasteiger partial charge in [0.2, 0.25) is 0 Å². The Labute approximate surface area is 193 Å². The van der Waals surface area contributed by atoms with Crippen LogP contribution in [0.5, 0.6) is 0 Å². The Kier molecular flexibility index (Phi) is 10.2. The number of nitrogens with zero attached hydrogens (tertiary/aromatic N) is 2. The van der Waals surface area contributed by atoms with E-state index in [1.54, 1.807) is 24.3 Å². The molecule has 8 nitrogen and oxygen atoms in total. The van der Waals surface area contributed by atoms with Crippen LogP contribution in [0.15, 0.2) is 36.4 Å². The molecule has 1 saturated carbocycles. The first-order valence-electron chi connectivity index (χ1n) is 10.9. The van der Waals surface area contributed by atoms with Crippen molar-refractivity contribution in [2.24, 2.45) is 0 Å². The summed E-state index contributed by atoms with van der Waals surface area (Å²) in [5.74, 6) is -2.49. The van der Waals surface area contributed by atoms with Crippen LogP contribution in [0.1, 0.15) is 49.4 Å². The SMILES string of the molecule is CCN1CC(O)C(N(C(=O)c2ccc(Cl)cc2)C2CCCCC2)C1.O=C(O)/C=C/C(=O)O. The van der Waals surface area contributed by atoms with Crippen LogP contribution >= 0.6 is 11.6 Å². The van der Waals surface area contributed by atoms with Crippen LogP contribution in [0.3, 0.4) is 0 Å². The first-order valence-corrected chi connectivity index (χ1v) is 11.2. The number of carboxylic acid groups (broad SMARTS) is 2. The lowest BCUT2D eigenvalue weighted by Crippen LogP contribution is -2.52. The van der Waals surface area contributed by atoms with Crippen molar-refractivity contribution >= 4 is 29.4 Å². The number of halogens is 1. The summed E-state index contributed by atoms with van der Waals surface area (Å²) in [7, 11) is 0. The highest BCUT2D eigenvalue weighted by Gasteiger charge is 2.40. The molecule has 3 N–H and O–H groups in total. The number of amides is 1. The fourth-order valence-electron chi connectivity index (χ4n) is 4.21. The number of carbonyl (C=O) groups is 3. The first-order chi connectivity index (χ1) is 15.2. The Hall–Kier alpha value is -2.42. The third-order valence-electron chi connectivity index (χ3n) is 5.80. The number of benzene rings is 1. The number of aliphatic hydroxyl groups excluding tert-OH is 1. The number of aliphatic hydroxyl groups is 1. The van der Waals surface area contributed by atoms with Gasteiger partial charge in [0.05, 0.1) is 12.1 Å². The number of carboxylic acids is 2. The van der Waals surface area contributed by atoms with Crippen LogP contribution in [0.4, 0.5) is 0 Å². The molecule has 2 aliphatic rings. The topological polar surface area (TPSA) is 118 Å². The van der Waals surface area contributed by atoms with Gasteiger partial charge in [0.25, 0.3) is 5.91 Å². The number of hydrogen-bond donors (Lipinski definition) is 3.